The van der Waals surface area contributed by atoms with Crippen molar-refractivity contribution < 1.29 is 4.39 Å². The minimum atomic E-state index is -0.134. The number of nitrogens with zero attached hydrogens (tertiary/aromatic N) is 1. The first kappa shape index (κ1) is 15.3. The molecule has 4 heteroatoms. The lowest BCUT2D eigenvalue weighted by Crippen LogP contribution is -2.35. The summed E-state index contributed by atoms with van der Waals surface area (Å²) in [6, 6.07) is 9.92. The molecule has 1 spiro atoms. The van der Waals surface area contributed by atoms with Gasteiger partial charge in [-0.25, -0.2) is 4.39 Å². The molecule has 1 saturated heterocycles. The number of nitrogens with one attached hydrogen (secondary N) is 1. The average Bonchev–Trinajstić information content (AvgIpc) is 2.99. The summed E-state index contributed by atoms with van der Waals surface area (Å²) in [7, 11) is 0. The Balaban J connectivity index is 1.52. The number of hydrogen-bond acceptors (Lipinski definition) is 3. The maximum atomic E-state index is 13.5. The molecule has 1 atom stereocenters. The summed E-state index contributed by atoms with van der Waals surface area (Å²) in [5.41, 5.74) is 2.97. The Bertz CT molecular complexity index is 649. The Hall–Kier alpha value is -1.23. The Morgan fingerprint density at radius 3 is 2.74 bits per heavy atom. The first-order valence-electron chi connectivity index (χ1n) is 8.45. The van der Waals surface area contributed by atoms with Crippen LogP contribution in [0.4, 0.5) is 4.39 Å². The van der Waals surface area contributed by atoms with Crippen LogP contribution in [0.15, 0.2) is 41.1 Å². The molecular formula is C19H23FN2S. The molecule has 1 aromatic heterocycles. The number of piperidine rings is 1. The predicted octanol–water partition coefficient (Wildman–Crippen LogP) is 4.03. The molecule has 1 aliphatic heterocycles. The Morgan fingerprint density at radius 2 is 2.00 bits per heavy atom. The minimum absolute atomic E-state index is 0.134. The molecule has 2 fully saturated rings. The highest BCUT2D eigenvalue weighted by Crippen LogP contribution is 2.56. The maximum absolute atomic E-state index is 13.5. The predicted molar refractivity (Wildman–Crippen MR) is 92.9 cm³/mol. The molecule has 1 aromatic carbocycles. The Labute approximate surface area is 141 Å². The standard InChI is InChI=1S/C19H23FN2S/c20-17-3-1-2-15(10-17)12-22(13-16-4-9-23-14-16)18-11-19(18)5-7-21-8-6-19/h1-4,9-10,14,18,21H,5-8,11-13H2. The topological polar surface area (TPSA) is 15.3 Å². The van der Waals surface area contributed by atoms with Gasteiger partial charge in [-0.3, -0.25) is 4.90 Å². The molecule has 23 heavy (non-hydrogen) atoms. The second-order valence-corrected chi connectivity index (χ2v) is 7.78. The van der Waals surface area contributed by atoms with Gasteiger partial charge in [-0.1, -0.05) is 12.1 Å². The van der Waals surface area contributed by atoms with Gasteiger partial charge in [0.15, 0.2) is 0 Å². The van der Waals surface area contributed by atoms with Gasteiger partial charge in [0, 0.05) is 19.1 Å². The van der Waals surface area contributed by atoms with Crippen molar-refractivity contribution in [3.05, 3.63) is 58.0 Å². The van der Waals surface area contributed by atoms with Gasteiger partial charge in [0.1, 0.15) is 5.82 Å². The van der Waals surface area contributed by atoms with E-state index in [0.717, 1.165) is 31.7 Å². The first-order chi connectivity index (χ1) is 11.3. The van der Waals surface area contributed by atoms with Crippen molar-refractivity contribution in [2.45, 2.75) is 38.4 Å². The maximum Gasteiger partial charge on any atom is 0.123 e. The lowest BCUT2D eigenvalue weighted by molar-refractivity contribution is 0.188. The molecule has 2 nitrogen and oxygen atoms in total. The molecule has 2 aliphatic rings. The van der Waals surface area contributed by atoms with Crippen LogP contribution in [0.2, 0.25) is 0 Å². The summed E-state index contributed by atoms with van der Waals surface area (Å²) >= 11 is 1.75. The quantitative estimate of drug-likeness (QED) is 0.890. The average molecular weight is 330 g/mol. The highest BCUT2D eigenvalue weighted by Gasteiger charge is 2.56. The molecule has 4 rings (SSSR count). The molecule has 0 radical (unpaired) electrons. The van der Waals surface area contributed by atoms with Crippen LogP contribution in [0.1, 0.15) is 30.4 Å². The Kier molecular flexibility index (Phi) is 4.22. The molecule has 1 aliphatic carbocycles. The van der Waals surface area contributed by atoms with Crippen LogP contribution in [0.3, 0.4) is 0 Å². The summed E-state index contributed by atoms with van der Waals surface area (Å²) in [6.45, 7) is 4.10. The highest BCUT2D eigenvalue weighted by molar-refractivity contribution is 7.07. The molecule has 0 bridgehead atoms. The van der Waals surface area contributed by atoms with Crippen molar-refractivity contribution in [1.29, 1.82) is 0 Å². The monoisotopic (exact) mass is 330 g/mol. The zero-order valence-electron chi connectivity index (χ0n) is 13.3. The van der Waals surface area contributed by atoms with Crippen molar-refractivity contribution in [2.24, 2.45) is 5.41 Å². The molecule has 2 aromatic rings. The summed E-state index contributed by atoms with van der Waals surface area (Å²) in [5, 5.41) is 7.85. The third-order valence-electron chi connectivity index (χ3n) is 5.43. The SMILES string of the molecule is Fc1cccc(CN(Cc2ccsc2)C2CC23CCNCC3)c1. The largest absolute Gasteiger partial charge is 0.317 e. The lowest BCUT2D eigenvalue weighted by atomic mass is 9.93. The number of thiophene rings is 1. The molecule has 2 heterocycles. The van der Waals surface area contributed by atoms with Crippen LogP contribution in [-0.4, -0.2) is 24.0 Å². The van der Waals surface area contributed by atoms with Crippen molar-refractivity contribution in [3.8, 4) is 0 Å². The molecule has 1 saturated carbocycles. The summed E-state index contributed by atoms with van der Waals surface area (Å²) < 4.78 is 13.5. The van der Waals surface area contributed by atoms with Gasteiger partial charge < -0.3 is 5.32 Å². The second kappa shape index (κ2) is 6.34. The fraction of sp³-hybridized carbons (Fsp3) is 0.474. The van der Waals surface area contributed by atoms with Crippen molar-refractivity contribution in [3.63, 3.8) is 0 Å². The van der Waals surface area contributed by atoms with Crippen LogP contribution in [0, 0.1) is 11.2 Å². The molecule has 0 amide bonds. The van der Waals surface area contributed by atoms with E-state index in [-0.39, 0.29) is 5.82 Å². The van der Waals surface area contributed by atoms with E-state index in [0.29, 0.717) is 11.5 Å². The van der Waals surface area contributed by atoms with Crippen LogP contribution < -0.4 is 5.32 Å². The third kappa shape index (κ3) is 3.35. The van der Waals surface area contributed by atoms with Gasteiger partial charge in [-0.15, -0.1) is 0 Å². The van der Waals surface area contributed by atoms with E-state index in [1.54, 1.807) is 17.4 Å². The third-order valence-corrected chi connectivity index (χ3v) is 6.16. The number of halogens is 1. The van der Waals surface area contributed by atoms with E-state index in [2.05, 4.69) is 27.0 Å². The van der Waals surface area contributed by atoms with E-state index in [9.17, 15) is 4.39 Å². The smallest absolute Gasteiger partial charge is 0.123 e. The van der Waals surface area contributed by atoms with Crippen molar-refractivity contribution in [1.82, 2.24) is 10.2 Å². The van der Waals surface area contributed by atoms with Crippen LogP contribution in [0.25, 0.3) is 0 Å². The molecule has 1 unspecified atom stereocenters. The minimum Gasteiger partial charge on any atom is -0.317 e. The van der Waals surface area contributed by atoms with E-state index in [1.165, 1.54) is 30.9 Å². The zero-order chi connectivity index (χ0) is 15.7. The van der Waals surface area contributed by atoms with Gasteiger partial charge in [-0.2, -0.15) is 11.3 Å². The number of benzene rings is 1. The summed E-state index contributed by atoms with van der Waals surface area (Å²) in [4.78, 5) is 2.57. The summed E-state index contributed by atoms with van der Waals surface area (Å²) in [5.74, 6) is -0.134. The van der Waals surface area contributed by atoms with E-state index >= 15 is 0 Å². The van der Waals surface area contributed by atoms with E-state index in [4.69, 9.17) is 0 Å². The van der Waals surface area contributed by atoms with Gasteiger partial charge in [0.2, 0.25) is 0 Å². The van der Waals surface area contributed by atoms with Crippen molar-refractivity contribution in [2.75, 3.05) is 13.1 Å². The molecule has 122 valence electrons. The van der Waals surface area contributed by atoms with E-state index < -0.39 is 0 Å². The fourth-order valence-corrected chi connectivity index (χ4v) is 4.73. The summed E-state index contributed by atoms with van der Waals surface area (Å²) in [6.07, 6.45) is 3.86. The first-order valence-corrected chi connectivity index (χ1v) is 9.40. The molecular weight excluding hydrogens is 307 g/mol. The molecule has 1 N–H and O–H groups in total. The number of hydrogen-bond donors (Lipinski definition) is 1. The van der Waals surface area contributed by atoms with Gasteiger partial charge in [-0.05, 0) is 77.9 Å². The highest BCUT2D eigenvalue weighted by atomic mass is 32.1. The van der Waals surface area contributed by atoms with E-state index in [1.807, 2.05) is 12.1 Å². The van der Waals surface area contributed by atoms with Gasteiger partial charge in [0.25, 0.3) is 0 Å². The second-order valence-electron chi connectivity index (χ2n) is 7.00. The number of rotatable bonds is 5. The van der Waals surface area contributed by atoms with Crippen LogP contribution >= 0.6 is 11.3 Å². The van der Waals surface area contributed by atoms with Gasteiger partial charge in [0.05, 0.1) is 0 Å². The van der Waals surface area contributed by atoms with Crippen molar-refractivity contribution >= 4 is 11.3 Å². The van der Waals surface area contributed by atoms with Crippen LogP contribution in [0.5, 0.6) is 0 Å². The normalized spacial score (nSPS) is 22.6. The zero-order valence-corrected chi connectivity index (χ0v) is 14.1. The Morgan fingerprint density at radius 1 is 1.17 bits per heavy atom. The van der Waals surface area contributed by atoms with Gasteiger partial charge >= 0.3 is 0 Å². The van der Waals surface area contributed by atoms with Crippen LogP contribution in [-0.2, 0) is 13.1 Å². The fourth-order valence-electron chi connectivity index (χ4n) is 4.07. The lowest BCUT2D eigenvalue weighted by Gasteiger charge is -2.29.